The van der Waals surface area contributed by atoms with Crippen LogP contribution in [0.1, 0.15) is 51.2 Å². The monoisotopic (exact) mass is 269 g/mol. The summed E-state index contributed by atoms with van der Waals surface area (Å²) >= 11 is 0. The molecule has 0 radical (unpaired) electrons. The van der Waals surface area contributed by atoms with E-state index in [0.717, 1.165) is 17.5 Å². The number of benzene rings is 1. The fourth-order valence-corrected chi connectivity index (χ4v) is 2.86. The molecule has 2 aliphatic rings. The first-order valence-corrected chi connectivity index (χ1v) is 7.20. The van der Waals surface area contributed by atoms with E-state index in [9.17, 15) is 5.26 Å². The Kier molecular flexibility index (Phi) is 2.97. The van der Waals surface area contributed by atoms with Gasteiger partial charge in [-0.1, -0.05) is 18.2 Å². The summed E-state index contributed by atoms with van der Waals surface area (Å²) in [6, 6.07) is 10.1. The van der Waals surface area contributed by atoms with Crippen LogP contribution in [0.25, 0.3) is 0 Å². The molecule has 1 heterocycles. The van der Waals surface area contributed by atoms with Crippen molar-refractivity contribution in [2.45, 2.75) is 57.1 Å². The Morgan fingerprint density at radius 3 is 2.35 bits per heavy atom. The van der Waals surface area contributed by atoms with E-state index in [-0.39, 0.29) is 18.3 Å². The molecule has 1 aliphatic carbocycles. The molecular formula is C16H20BNO2. The van der Waals surface area contributed by atoms with Gasteiger partial charge in [0, 0.05) is 5.82 Å². The van der Waals surface area contributed by atoms with Crippen molar-refractivity contribution in [2.24, 2.45) is 0 Å². The first-order chi connectivity index (χ1) is 9.36. The second kappa shape index (κ2) is 4.34. The third-order valence-electron chi connectivity index (χ3n) is 4.94. The molecule has 1 saturated carbocycles. The molecule has 0 N–H and O–H groups in total. The zero-order chi connectivity index (χ0) is 14.5. The Labute approximate surface area is 121 Å². The molecule has 1 saturated heterocycles. The van der Waals surface area contributed by atoms with Crippen molar-refractivity contribution >= 4 is 7.12 Å². The molecule has 3 nitrogen and oxygen atoms in total. The molecule has 2 fully saturated rings. The molecule has 1 aliphatic heterocycles. The summed E-state index contributed by atoms with van der Waals surface area (Å²) in [5.74, 6) is 0.756. The highest BCUT2D eigenvalue weighted by molar-refractivity contribution is 6.49. The van der Waals surface area contributed by atoms with Gasteiger partial charge in [0.1, 0.15) is 0 Å². The highest BCUT2D eigenvalue weighted by Gasteiger charge is 2.60. The average molecular weight is 269 g/mol. The minimum absolute atomic E-state index is 0.156. The summed E-state index contributed by atoms with van der Waals surface area (Å²) in [5, 5.41) is 9.20. The van der Waals surface area contributed by atoms with Crippen molar-refractivity contribution < 1.29 is 9.31 Å². The maximum Gasteiger partial charge on any atom is 0.461 e. The maximum absolute atomic E-state index is 9.20. The first-order valence-electron chi connectivity index (χ1n) is 7.20. The lowest BCUT2D eigenvalue weighted by molar-refractivity contribution is 0.00578. The first kappa shape index (κ1) is 13.7. The minimum atomic E-state index is -0.278. The molecule has 20 heavy (non-hydrogen) atoms. The van der Waals surface area contributed by atoms with Gasteiger partial charge in [-0.2, -0.15) is 5.26 Å². The summed E-state index contributed by atoms with van der Waals surface area (Å²) in [7, 11) is -0.156. The fourth-order valence-electron chi connectivity index (χ4n) is 2.86. The Hall–Kier alpha value is -1.31. The zero-order valence-corrected chi connectivity index (χ0v) is 12.5. The highest BCUT2D eigenvalue weighted by atomic mass is 16.7. The van der Waals surface area contributed by atoms with Crippen LogP contribution in [-0.2, 0) is 9.31 Å². The molecule has 0 unspecified atom stereocenters. The van der Waals surface area contributed by atoms with Crippen molar-refractivity contribution in [3.8, 4) is 6.07 Å². The lowest BCUT2D eigenvalue weighted by Crippen LogP contribution is -2.41. The van der Waals surface area contributed by atoms with E-state index >= 15 is 0 Å². The van der Waals surface area contributed by atoms with E-state index in [0.29, 0.717) is 11.7 Å². The maximum atomic E-state index is 9.20. The van der Waals surface area contributed by atoms with Crippen LogP contribution in [0, 0.1) is 11.3 Å². The number of rotatable bonds is 2. The van der Waals surface area contributed by atoms with Crippen LogP contribution in [0.5, 0.6) is 0 Å². The molecule has 1 aromatic carbocycles. The van der Waals surface area contributed by atoms with Crippen LogP contribution in [0.4, 0.5) is 0 Å². The van der Waals surface area contributed by atoms with Gasteiger partial charge in [0.25, 0.3) is 0 Å². The fraction of sp³-hybridized carbons (Fsp3) is 0.562. The lowest BCUT2D eigenvalue weighted by atomic mass is 9.79. The third-order valence-corrected chi connectivity index (χ3v) is 4.94. The van der Waals surface area contributed by atoms with E-state index in [2.05, 4.69) is 39.8 Å². The van der Waals surface area contributed by atoms with E-state index in [1.807, 2.05) is 18.2 Å². The zero-order valence-electron chi connectivity index (χ0n) is 12.5. The average Bonchev–Trinajstić information content (AvgIpc) is 3.13. The second-order valence-corrected chi connectivity index (χ2v) is 6.83. The Morgan fingerprint density at radius 1 is 1.15 bits per heavy atom. The van der Waals surface area contributed by atoms with Gasteiger partial charge in [-0.15, -0.1) is 0 Å². The van der Waals surface area contributed by atoms with Gasteiger partial charge in [0.15, 0.2) is 0 Å². The van der Waals surface area contributed by atoms with Crippen LogP contribution >= 0.6 is 0 Å². The second-order valence-electron chi connectivity index (χ2n) is 6.83. The normalized spacial score (nSPS) is 30.1. The Bertz CT molecular complexity index is 560. The minimum Gasteiger partial charge on any atom is -0.403 e. The van der Waals surface area contributed by atoms with Crippen LogP contribution in [0.3, 0.4) is 0 Å². The van der Waals surface area contributed by atoms with Gasteiger partial charge in [-0.05, 0) is 51.7 Å². The summed E-state index contributed by atoms with van der Waals surface area (Å²) < 4.78 is 12.2. The summed E-state index contributed by atoms with van der Waals surface area (Å²) in [4.78, 5) is 0. The van der Waals surface area contributed by atoms with Crippen molar-refractivity contribution in [1.29, 1.82) is 5.26 Å². The quantitative estimate of drug-likeness (QED) is 0.771. The molecule has 0 spiro atoms. The topological polar surface area (TPSA) is 42.2 Å². The molecule has 2 atom stereocenters. The molecule has 0 aromatic heterocycles. The molecule has 0 bridgehead atoms. The third kappa shape index (κ3) is 2.06. The standard InChI is InChI=1S/C16H20BNO2/c1-15(2)16(3,4)20-17(19-15)14-9-13(14)12-8-6-5-7-11(12)10-18/h5-8,13-14H,9H2,1-4H3/t13-,14+/m0/s1. The highest BCUT2D eigenvalue weighted by Crippen LogP contribution is 2.58. The molecule has 1 aromatic rings. The predicted molar refractivity (Wildman–Crippen MR) is 78.3 cm³/mol. The van der Waals surface area contributed by atoms with Crippen LogP contribution in [-0.4, -0.2) is 18.3 Å². The summed E-state index contributed by atoms with van der Waals surface area (Å²) in [6.45, 7) is 8.31. The summed E-state index contributed by atoms with van der Waals surface area (Å²) in [5.41, 5.74) is 1.35. The van der Waals surface area contributed by atoms with Crippen LogP contribution in [0.2, 0.25) is 5.82 Å². The van der Waals surface area contributed by atoms with Gasteiger partial charge >= 0.3 is 7.12 Å². The van der Waals surface area contributed by atoms with Crippen LogP contribution < -0.4 is 0 Å². The molecule has 104 valence electrons. The Morgan fingerprint density at radius 2 is 1.75 bits per heavy atom. The van der Waals surface area contributed by atoms with Crippen molar-refractivity contribution in [1.82, 2.24) is 0 Å². The lowest BCUT2D eigenvalue weighted by Gasteiger charge is -2.32. The molecular weight excluding hydrogens is 249 g/mol. The van der Waals surface area contributed by atoms with Crippen LogP contribution in [0.15, 0.2) is 24.3 Å². The number of hydrogen-bond donors (Lipinski definition) is 0. The Balaban J connectivity index is 1.77. The van der Waals surface area contributed by atoms with Gasteiger partial charge in [0.05, 0.1) is 22.8 Å². The molecule has 4 heteroatoms. The van der Waals surface area contributed by atoms with E-state index in [1.165, 1.54) is 0 Å². The van der Waals surface area contributed by atoms with Gasteiger partial charge in [-0.3, -0.25) is 0 Å². The predicted octanol–water partition coefficient (Wildman–Crippen LogP) is 3.51. The number of hydrogen-bond acceptors (Lipinski definition) is 3. The summed E-state index contributed by atoms with van der Waals surface area (Å²) in [6.07, 6.45) is 1.04. The number of nitrogens with zero attached hydrogens (tertiary/aromatic N) is 1. The number of nitriles is 1. The molecule has 3 rings (SSSR count). The van der Waals surface area contributed by atoms with Crippen molar-refractivity contribution in [3.63, 3.8) is 0 Å². The van der Waals surface area contributed by atoms with Crippen molar-refractivity contribution in [2.75, 3.05) is 0 Å². The van der Waals surface area contributed by atoms with Crippen molar-refractivity contribution in [3.05, 3.63) is 35.4 Å². The van der Waals surface area contributed by atoms with E-state index < -0.39 is 0 Å². The largest absolute Gasteiger partial charge is 0.461 e. The molecule has 0 amide bonds. The van der Waals surface area contributed by atoms with Gasteiger partial charge in [-0.25, -0.2) is 0 Å². The van der Waals surface area contributed by atoms with Gasteiger partial charge < -0.3 is 9.31 Å². The smallest absolute Gasteiger partial charge is 0.403 e. The van der Waals surface area contributed by atoms with E-state index in [4.69, 9.17) is 9.31 Å². The van der Waals surface area contributed by atoms with Gasteiger partial charge in [0.2, 0.25) is 0 Å². The SMILES string of the molecule is CC1(C)OB([C@@H]2C[C@H]2c2ccccc2C#N)OC1(C)C. The van der Waals surface area contributed by atoms with E-state index in [1.54, 1.807) is 0 Å².